The molecule has 0 aliphatic carbocycles. The molecule has 0 fully saturated rings. The van der Waals surface area contributed by atoms with E-state index in [1.807, 2.05) is 6.92 Å². The van der Waals surface area contributed by atoms with Crippen LogP contribution in [0.4, 0.5) is 18.0 Å². The lowest BCUT2D eigenvalue weighted by atomic mass is 10.0. The Bertz CT molecular complexity index is 374. The number of hydrogen-bond acceptors (Lipinski definition) is 2. The van der Waals surface area contributed by atoms with E-state index in [9.17, 15) is 22.8 Å². The number of halogens is 3. The van der Waals surface area contributed by atoms with E-state index in [1.54, 1.807) is 19.2 Å². The van der Waals surface area contributed by atoms with Gasteiger partial charge in [-0.05, 0) is 26.7 Å². The number of hydrogen-bond donors (Lipinski definition) is 2. The predicted octanol–water partition coefficient (Wildman–Crippen LogP) is 3.00. The van der Waals surface area contributed by atoms with Gasteiger partial charge in [-0.2, -0.15) is 13.2 Å². The van der Waals surface area contributed by atoms with Crippen LogP contribution in [0.25, 0.3) is 0 Å². The molecule has 0 rings (SSSR count). The molecule has 0 aromatic rings. The molecule has 0 aliphatic rings. The Hall–Kier alpha value is -1.47. The van der Waals surface area contributed by atoms with Crippen molar-refractivity contribution in [1.82, 2.24) is 10.2 Å². The lowest BCUT2D eigenvalue weighted by Gasteiger charge is -2.34. The molecule has 0 saturated carbocycles. The zero-order valence-electron chi connectivity index (χ0n) is 12.8. The summed E-state index contributed by atoms with van der Waals surface area (Å²) in [5.74, 6) is -2.14. The summed E-state index contributed by atoms with van der Waals surface area (Å²) in [7, 11) is 0. The smallest absolute Gasteiger partial charge is 0.422 e. The summed E-state index contributed by atoms with van der Waals surface area (Å²) in [6, 6.07) is -1.29. The number of aliphatic carboxylic acids is 1. The van der Waals surface area contributed by atoms with Gasteiger partial charge >= 0.3 is 18.2 Å². The number of nitrogens with zero attached hydrogens (tertiary/aromatic N) is 1. The summed E-state index contributed by atoms with van der Waals surface area (Å²) < 4.78 is 38.7. The SMILES string of the molecule is CCCCN(C(=O)NC(C)(C(=O)O)C(F)(F)F)C(C)CC. The Morgan fingerprint density at radius 2 is 1.81 bits per heavy atom. The van der Waals surface area contributed by atoms with E-state index >= 15 is 0 Å². The van der Waals surface area contributed by atoms with Crippen LogP contribution in [0.5, 0.6) is 0 Å². The van der Waals surface area contributed by atoms with Gasteiger partial charge in [-0.25, -0.2) is 9.59 Å². The van der Waals surface area contributed by atoms with E-state index in [0.717, 1.165) is 6.42 Å². The first kappa shape index (κ1) is 19.5. The molecular formula is C13H23F3N2O3. The standard InChI is InChI=1S/C13H23F3N2O3/c1-5-7-8-18(9(3)6-2)11(21)17-12(4,10(19)20)13(14,15)16/h9H,5-8H2,1-4H3,(H,17,21)(H,19,20). The number of urea groups is 1. The molecule has 0 aromatic carbocycles. The highest BCUT2D eigenvalue weighted by molar-refractivity contribution is 5.86. The van der Waals surface area contributed by atoms with Crippen molar-refractivity contribution in [2.45, 2.75) is 64.7 Å². The van der Waals surface area contributed by atoms with Gasteiger partial charge in [0.05, 0.1) is 0 Å². The van der Waals surface area contributed by atoms with Gasteiger partial charge in [0, 0.05) is 12.6 Å². The van der Waals surface area contributed by atoms with Crippen molar-refractivity contribution >= 4 is 12.0 Å². The second-order valence-electron chi connectivity index (χ2n) is 5.16. The number of rotatable bonds is 7. The third kappa shape index (κ3) is 4.78. The minimum atomic E-state index is -5.08. The van der Waals surface area contributed by atoms with Crippen molar-refractivity contribution in [3.05, 3.63) is 0 Å². The maximum Gasteiger partial charge on any atom is 0.422 e. The Morgan fingerprint density at radius 1 is 1.29 bits per heavy atom. The van der Waals surface area contributed by atoms with Crippen LogP contribution in [0, 0.1) is 0 Å². The molecule has 2 atom stereocenters. The summed E-state index contributed by atoms with van der Waals surface area (Å²) in [4.78, 5) is 24.2. The fourth-order valence-corrected chi connectivity index (χ4v) is 1.60. The first-order valence-electron chi connectivity index (χ1n) is 6.90. The van der Waals surface area contributed by atoms with Gasteiger partial charge in [-0.3, -0.25) is 0 Å². The molecule has 0 aliphatic heterocycles. The van der Waals surface area contributed by atoms with Crippen molar-refractivity contribution in [1.29, 1.82) is 0 Å². The fourth-order valence-electron chi connectivity index (χ4n) is 1.60. The zero-order valence-corrected chi connectivity index (χ0v) is 12.8. The van der Waals surface area contributed by atoms with Crippen LogP contribution >= 0.6 is 0 Å². The maximum atomic E-state index is 12.9. The molecule has 0 heterocycles. The van der Waals surface area contributed by atoms with Crippen LogP contribution in [-0.2, 0) is 4.79 Å². The molecular weight excluding hydrogens is 289 g/mol. The zero-order chi connectivity index (χ0) is 16.8. The quantitative estimate of drug-likeness (QED) is 0.759. The van der Waals surface area contributed by atoms with Crippen molar-refractivity contribution in [2.75, 3.05) is 6.54 Å². The monoisotopic (exact) mass is 312 g/mol. The van der Waals surface area contributed by atoms with E-state index in [-0.39, 0.29) is 12.6 Å². The predicted molar refractivity (Wildman–Crippen MR) is 72.0 cm³/mol. The lowest BCUT2D eigenvalue weighted by Crippen LogP contribution is -2.64. The average molecular weight is 312 g/mol. The largest absolute Gasteiger partial charge is 0.479 e. The Balaban J connectivity index is 5.22. The molecule has 2 unspecified atom stereocenters. The highest BCUT2D eigenvalue weighted by Gasteiger charge is 2.58. The van der Waals surface area contributed by atoms with Crippen molar-refractivity contribution in [2.24, 2.45) is 0 Å². The van der Waals surface area contributed by atoms with E-state index in [1.165, 1.54) is 4.90 Å². The molecule has 21 heavy (non-hydrogen) atoms. The number of alkyl halides is 3. The number of nitrogens with one attached hydrogen (secondary N) is 1. The number of carbonyl (C=O) groups is 2. The second-order valence-corrected chi connectivity index (χ2v) is 5.16. The first-order chi connectivity index (χ1) is 9.51. The summed E-state index contributed by atoms with van der Waals surface area (Å²) in [5, 5.41) is 10.4. The van der Waals surface area contributed by atoms with Crippen LogP contribution in [-0.4, -0.2) is 46.3 Å². The summed E-state index contributed by atoms with van der Waals surface area (Å²) in [6.07, 6.45) is -3.11. The highest BCUT2D eigenvalue weighted by Crippen LogP contribution is 2.30. The molecule has 0 bridgehead atoms. The maximum absolute atomic E-state index is 12.9. The Morgan fingerprint density at radius 3 is 2.14 bits per heavy atom. The summed E-state index contributed by atoms with van der Waals surface area (Å²) >= 11 is 0. The lowest BCUT2D eigenvalue weighted by molar-refractivity contribution is -0.203. The minimum absolute atomic E-state index is 0.275. The third-order valence-corrected chi connectivity index (χ3v) is 3.49. The van der Waals surface area contributed by atoms with Crippen LogP contribution in [0.3, 0.4) is 0 Å². The molecule has 2 N–H and O–H groups in total. The van der Waals surface area contributed by atoms with Gasteiger partial charge < -0.3 is 15.3 Å². The number of carboxylic acids is 1. The van der Waals surface area contributed by atoms with Crippen LogP contribution < -0.4 is 5.32 Å². The van der Waals surface area contributed by atoms with Gasteiger partial charge in [-0.15, -0.1) is 0 Å². The van der Waals surface area contributed by atoms with Gasteiger partial charge in [0.1, 0.15) is 0 Å². The van der Waals surface area contributed by atoms with Gasteiger partial charge in [0.15, 0.2) is 0 Å². The van der Waals surface area contributed by atoms with E-state index in [0.29, 0.717) is 19.8 Å². The second kappa shape index (κ2) is 7.51. The van der Waals surface area contributed by atoms with Gasteiger partial charge in [0.25, 0.3) is 0 Å². The molecule has 8 heteroatoms. The molecule has 0 saturated heterocycles. The number of amides is 2. The Labute approximate surface area is 122 Å². The van der Waals surface area contributed by atoms with Crippen molar-refractivity contribution < 1.29 is 27.9 Å². The van der Waals surface area contributed by atoms with Crippen LogP contribution in [0.1, 0.15) is 47.0 Å². The highest BCUT2D eigenvalue weighted by atomic mass is 19.4. The van der Waals surface area contributed by atoms with E-state index < -0.39 is 23.7 Å². The fraction of sp³-hybridized carbons (Fsp3) is 0.846. The van der Waals surface area contributed by atoms with Crippen molar-refractivity contribution in [3.63, 3.8) is 0 Å². The molecule has 5 nitrogen and oxygen atoms in total. The summed E-state index contributed by atoms with van der Waals surface area (Å²) in [6.45, 7) is 6.13. The molecule has 0 radical (unpaired) electrons. The molecule has 0 aromatic heterocycles. The normalized spacial score (nSPS) is 16.0. The van der Waals surface area contributed by atoms with Crippen LogP contribution in [0.2, 0.25) is 0 Å². The minimum Gasteiger partial charge on any atom is -0.479 e. The summed E-state index contributed by atoms with van der Waals surface area (Å²) in [5.41, 5.74) is -3.30. The molecule has 124 valence electrons. The first-order valence-corrected chi connectivity index (χ1v) is 6.90. The van der Waals surface area contributed by atoms with Gasteiger partial charge in [-0.1, -0.05) is 20.3 Å². The number of carboxylic acid groups (broad SMARTS) is 1. The van der Waals surface area contributed by atoms with E-state index in [4.69, 9.17) is 5.11 Å². The number of unbranched alkanes of at least 4 members (excludes halogenated alkanes) is 1. The molecule has 2 amide bonds. The average Bonchev–Trinajstić information content (AvgIpc) is 2.36. The van der Waals surface area contributed by atoms with Crippen molar-refractivity contribution in [3.8, 4) is 0 Å². The topological polar surface area (TPSA) is 69.6 Å². The van der Waals surface area contributed by atoms with E-state index in [2.05, 4.69) is 0 Å². The number of carbonyl (C=O) groups excluding carboxylic acids is 1. The van der Waals surface area contributed by atoms with Crippen LogP contribution in [0.15, 0.2) is 0 Å². The molecule has 0 spiro atoms. The third-order valence-electron chi connectivity index (χ3n) is 3.49. The Kier molecular flexibility index (Phi) is 6.99. The van der Waals surface area contributed by atoms with Gasteiger partial charge in [0.2, 0.25) is 5.54 Å².